The number of para-hydroxylation sites is 1. The van der Waals surface area contributed by atoms with E-state index in [1.54, 1.807) is 6.07 Å². The van der Waals surface area contributed by atoms with Crippen molar-refractivity contribution in [2.24, 2.45) is 5.92 Å². The molecule has 3 N–H and O–H groups in total. The lowest BCUT2D eigenvalue weighted by atomic mass is 9.97. The number of hydrogen-bond donors (Lipinski definition) is 3. The highest BCUT2D eigenvalue weighted by Gasteiger charge is 2.29. The summed E-state index contributed by atoms with van der Waals surface area (Å²) in [6.45, 7) is 5.05. The summed E-state index contributed by atoms with van der Waals surface area (Å²) in [5.41, 5.74) is 6.79. The molecule has 2 unspecified atom stereocenters. The van der Waals surface area contributed by atoms with E-state index in [1.807, 2.05) is 6.07 Å². The van der Waals surface area contributed by atoms with Crippen LogP contribution >= 0.6 is 0 Å². The maximum absolute atomic E-state index is 13.7. The molecule has 2 atom stereocenters. The first-order chi connectivity index (χ1) is 9.66. The molecule has 2 aromatic rings. The highest BCUT2D eigenvalue weighted by Crippen LogP contribution is 2.22. The third kappa shape index (κ3) is 2.32. The molecule has 1 saturated heterocycles. The second-order valence-corrected chi connectivity index (χ2v) is 5.27. The lowest BCUT2D eigenvalue weighted by molar-refractivity contribution is 0.466. The topological polar surface area (TPSA) is 61.9 Å². The molecule has 106 valence electrons. The van der Waals surface area contributed by atoms with Gasteiger partial charge in [-0.15, -0.1) is 0 Å². The summed E-state index contributed by atoms with van der Waals surface area (Å²) in [6, 6.07) is 5.67. The summed E-state index contributed by atoms with van der Waals surface area (Å²) in [5, 5.41) is 4.03. The standard InChI is InChI=1S/C14H18FN5/c1-8-11(9(2)20-19-8)6-16-14-10-4-3-5-12(15)13(10)17-7-18-14/h3-5,7-9,11,19-20H,6H2,1-2H3,(H,16,17,18). The largest absolute Gasteiger partial charge is 0.369 e. The predicted molar refractivity (Wildman–Crippen MR) is 76.7 cm³/mol. The Kier molecular flexibility index (Phi) is 3.50. The highest BCUT2D eigenvalue weighted by atomic mass is 19.1. The van der Waals surface area contributed by atoms with Crippen molar-refractivity contribution >= 4 is 16.7 Å². The van der Waals surface area contributed by atoms with Gasteiger partial charge in [-0.25, -0.2) is 14.4 Å². The van der Waals surface area contributed by atoms with Crippen LogP contribution in [-0.4, -0.2) is 28.6 Å². The average Bonchev–Trinajstić information content (AvgIpc) is 2.76. The molecule has 0 saturated carbocycles. The van der Waals surface area contributed by atoms with Gasteiger partial charge >= 0.3 is 0 Å². The van der Waals surface area contributed by atoms with Gasteiger partial charge in [0.2, 0.25) is 0 Å². The summed E-state index contributed by atoms with van der Waals surface area (Å²) in [7, 11) is 0. The normalized spacial score (nSPS) is 26.1. The Bertz CT molecular complexity index is 608. The SMILES string of the molecule is CC1NNC(C)C1CNc1ncnc2c(F)cccc12. The van der Waals surface area contributed by atoms with Gasteiger partial charge in [-0.3, -0.25) is 10.9 Å². The van der Waals surface area contributed by atoms with Crippen LogP contribution in [0, 0.1) is 11.7 Å². The molecular weight excluding hydrogens is 257 g/mol. The van der Waals surface area contributed by atoms with Crippen molar-refractivity contribution in [3.05, 3.63) is 30.3 Å². The summed E-state index contributed by atoms with van der Waals surface area (Å²) in [4.78, 5) is 8.23. The fourth-order valence-corrected chi connectivity index (χ4v) is 2.67. The fourth-order valence-electron chi connectivity index (χ4n) is 2.67. The van der Waals surface area contributed by atoms with Gasteiger partial charge in [-0.1, -0.05) is 6.07 Å². The van der Waals surface area contributed by atoms with Crippen molar-refractivity contribution < 1.29 is 4.39 Å². The summed E-state index contributed by atoms with van der Waals surface area (Å²) >= 11 is 0. The molecule has 0 bridgehead atoms. The van der Waals surface area contributed by atoms with Crippen molar-refractivity contribution in [3.8, 4) is 0 Å². The number of rotatable bonds is 3. The van der Waals surface area contributed by atoms with E-state index in [-0.39, 0.29) is 5.82 Å². The molecule has 6 heteroatoms. The van der Waals surface area contributed by atoms with Gasteiger partial charge in [-0.2, -0.15) is 0 Å². The number of halogens is 1. The molecule has 0 aliphatic carbocycles. The average molecular weight is 275 g/mol. The lowest BCUT2D eigenvalue weighted by Gasteiger charge is -2.19. The monoisotopic (exact) mass is 275 g/mol. The van der Waals surface area contributed by atoms with E-state index in [1.165, 1.54) is 12.4 Å². The molecule has 2 heterocycles. The molecule has 3 rings (SSSR count). The molecule has 0 spiro atoms. The van der Waals surface area contributed by atoms with E-state index in [0.717, 1.165) is 6.54 Å². The summed E-state index contributed by atoms with van der Waals surface area (Å²) in [6.07, 6.45) is 1.39. The highest BCUT2D eigenvalue weighted by molar-refractivity contribution is 5.89. The van der Waals surface area contributed by atoms with Gasteiger partial charge in [-0.05, 0) is 26.0 Å². The number of benzene rings is 1. The zero-order valence-electron chi connectivity index (χ0n) is 11.5. The maximum Gasteiger partial charge on any atom is 0.149 e. The summed E-state index contributed by atoms with van der Waals surface area (Å²) in [5.74, 6) is 0.799. The second kappa shape index (κ2) is 5.30. The fraction of sp³-hybridized carbons (Fsp3) is 0.429. The molecule has 1 aliphatic heterocycles. The number of aromatic nitrogens is 2. The van der Waals surface area contributed by atoms with Crippen LogP contribution in [0.2, 0.25) is 0 Å². The van der Waals surface area contributed by atoms with Crippen LogP contribution < -0.4 is 16.2 Å². The Morgan fingerprint density at radius 2 is 1.95 bits per heavy atom. The van der Waals surface area contributed by atoms with Crippen molar-refractivity contribution in [1.82, 2.24) is 20.8 Å². The van der Waals surface area contributed by atoms with Crippen LogP contribution in [0.25, 0.3) is 10.9 Å². The zero-order chi connectivity index (χ0) is 14.1. The number of hydrogen-bond acceptors (Lipinski definition) is 5. The molecule has 1 fully saturated rings. The molecule has 5 nitrogen and oxygen atoms in total. The Balaban J connectivity index is 1.83. The van der Waals surface area contributed by atoms with Crippen LogP contribution in [-0.2, 0) is 0 Å². The minimum absolute atomic E-state index is 0.320. The minimum Gasteiger partial charge on any atom is -0.369 e. The molecular formula is C14H18FN5. The quantitative estimate of drug-likeness (QED) is 0.795. The molecule has 1 aromatic heterocycles. The van der Waals surface area contributed by atoms with Crippen molar-refractivity contribution in [3.63, 3.8) is 0 Å². The first-order valence-electron chi connectivity index (χ1n) is 6.81. The van der Waals surface area contributed by atoms with Gasteiger partial charge in [0.1, 0.15) is 23.5 Å². The van der Waals surface area contributed by atoms with Crippen LogP contribution in [0.1, 0.15) is 13.8 Å². The van der Waals surface area contributed by atoms with Crippen LogP contribution in [0.4, 0.5) is 10.2 Å². The number of anilines is 1. The van der Waals surface area contributed by atoms with E-state index in [0.29, 0.717) is 34.7 Å². The van der Waals surface area contributed by atoms with E-state index < -0.39 is 0 Å². The number of nitrogens with zero attached hydrogens (tertiary/aromatic N) is 2. The Hall–Kier alpha value is -1.79. The molecule has 20 heavy (non-hydrogen) atoms. The van der Waals surface area contributed by atoms with Crippen molar-refractivity contribution in [2.45, 2.75) is 25.9 Å². The van der Waals surface area contributed by atoms with Crippen LogP contribution in [0.15, 0.2) is 24.5 Å². The number of hydrazine groups is 1. The second-order valence-electron chi connectivity index (χ2n) is 5.27. The summed E-state index contributed by atoms with van der Waals surface area (Å²) < 4.78 is 13.7. The third-order valence-corrected chi connectivity index (χ3v) is 3.94. The third-order valence-electron chi connectivity index (χ3n) is 3.94. The molecule has 0 radical (unpaired) electrons. The van der Waals surface area contributed by atoms with E-state index in [9.17, 15) is 4.39 Å². The minimum atomic E-state index is -0.320. The van der Waals surface area contributed by atoms with Crippen molar-refractivity contribution in [1.29, 1.82) is 0 Å². The first kappa shape index (κ1) is 13.2. The molecule has 0 amide bonds. The lowest BCUT2D eigenvalue weighted by Crippen LogP contribution is -2.30. The van der Waals surface area contributed by atoms with E-state index >= 15 is 0 Å². The van der Waals surface area contributed by atoms with Gasteiger partial charge in [0, 0.05) is 29.9 Å². The smallest absolute Gasteiger partial charge is 0.149 e. The van der Waals surface area contributed by atoms with E-state index in [2.05, 4.69) is 40.0 Å². The zero-order valence-corrected chi connectivity index (χ0v) is 11.5. The number of fused-ring (bicyclic) bond motifs is 1. The van der Waals surface area contributed by atoms with Crippen LogP contribution in [0.5, 0.6) is 0 Å². The predicted octanol–water partition coefficient (Wildman–Crippen LogP) is 1.68. The van der Waals surface area contributed by atoms with Gasteiger partial charge < -0.3 is 5.32 Å². The van der Waals surface area contributed by atoms with Gasteiger partial charge in [0.05, 0.1) is 0 Å². The van der Waals surface area contributed by atoms with Crippen molar-refractivity contribution in [2.75, 3.05) is 11.9 Å². The van der Waals surface area contributed by atoms with E-state index in [4.69, 9.17) is 0 Å². The molecule has 1 aliphatic rings. The first-order valence-corrected chi connectivity index (χ1v) is 6.81. The molecule has 1 aromatic carbocycles. The Labute approximate surface area is 117 Å². The maximum atomic E-state index is 13.7. The Morgan fingerprint density at radius 3 is 2.70 bits per heavy atom. The van der Waals surface area contributed by atoms with Gasteiger partial charge in [0.15, 0.2) is 0 Å². The van der Waals surface area contributed by atoms with Gasteiger partial charge in [0.25, 0.3) is 0 Å². The number of nitrogens with one attached hydrogen (secondary N) is 3. The van der Waals surface area contributed by atoms with Crippen LogP contribution in [0.3, 0.4) is 0 Å². The Morgan fingerprint density at radius 1 is 1.20 bits per heavy atom.